The molecule has 2 fully saturated rings. The van der Waals surface area contributed by atoms with Gasteiger partial charge >= 0.3 is 0 Å². The van der Waals surface area contributed by atoms with Crippen molar-refractivity contribution in [3.8, 4) is 5.75 Å². The highest BCUT2D eigenvalue weighted by Crippen LogP contribution is 2.27. The number of nitrogens with zero attached hydrogens (tertiary/aromatic N) is 3. The summed E-state index contributed by atoms with van der Waals surface area (Å²) in [5.74, 6) is 1.64. The van der Waals surface area contributed by atoms with Crippen LogP contribution in [-0.4, -0.2) is 48.1 Å². The summed E-state index contributed by atoms with van der Waals surface area (Å²) >= 11 is 6.04. The second-order valence-electron chi connectivity index (χ2n) is 7.16. The molecule has 1 aromatic heterocycles. The summed E-state index contributed by atoms with van der Waals surface area (Å²) in [4.78, 5) is 21.7. The Balaban J connectivity index is 1.47. The van der Waals surface area contributed by atoms with Gasteiger partial charge in [0.15, 0.2) is 0 Å². The third-order valence-corrected chi connectivity index (χ3v) is 5.44. The number of piperidine rings is 1. The van der Waals surface area contributed by atoms with Gasteiger partial charge in [0, 0.05) is 37.3 Å². The van der Waals surface area contributed by atoms with Gasteiger partial charge < -0.3 is 14.5 Å². The van der Waals surface area contributed by atoms with Crippen molar-refractivity contribution in [1.29, 1.82) is 0 Å². The predicted octanol–water partition coefficient (Wildman–Crippen LogP) is 4.02. The van der Waals surface area contributed by atoms with Crippen LogP contribution in [0.1, 0.15) is 36.0 Å². The first-order chi connectivity index (χ1) is 13.2. The van der Waals surface area contributed by atoms with Crippen LogP contribution in [0.2, 0.25) is 5.02 Å². The molecule has 0 N–H and O–H groups in total. The van der Waals surface area contributed by atoms with Crippen LogP contribution >= 0.6 is 11.6 Å². The zero-order valence-corrected chi connectivity index (χ0v) is 16.1. The Morgan fingerprint density at radius 1 is 1.11 bits per heavy atom. The summed E-state index contributed by atoms with van der Waals surface area (Å²) in [6.45, 7) is 3.22. The number of hydrogen-bond donors (Lipinski definition) is 0. The number of ether oxygens (including phenoxy) is 1. The number of likely N-dealkylation sites (tertiary alicyclic amines) is 1. The molecule has 3 heterocycles. The minimum Gasteiger partial charge on any atom is -0.488 e. The molecule has 2 aromatic rings. The van der Waals surface area contributed by atoms with Crippen LogP contribution in [0.25, 0.3) is 0 Å². The fraction of sp³-hybridized carbons (Fsp3) is 0.429. The van der Waals surface area contributed by atoms with E-state index in [1.807, 2.05) is 41.3 Å². The van der Waals surface area contributed by atoms with Crippen LogP contribution in [0.3, 0.4) is 0 Å². The summed E-state index contributed by atoms with van der Waals surface area (Å²) in [5, 5.41) is 0.668. The zero-order chi connectivity index (χ0) is 18.6. The van der Waals surface area contributed by atoms with Gasteiger partial charge in [-0.3, -0.25) is 4.79 Å². The standard InChI is InChI=1S/C21H24ClN3O2/c22-16-6-4-7-17(14-16)27-18-9-13-25(15-18)20-19(8-5-10-23-20)21(26)24-11-2-1-3-12-24/h4-8,10,14,18H,1-3,9,11-13,15H2. The fourth-order valence-corrected chi connectivity index (χ4v) is 4.01. The molecule has 2 saturated heterocycles. The Hall–Kier alpha value is -2.27. The molecule has 1 atom stereocenters. The van der Waals surface area contributed by atoms with Gasteiger partial charge in [0.25, 0.3) is 5.91 Å². The van der Waals surface area contributed by atoms with E-state index in [-0.39, 0.29) is 12.0 Å². The number of aromatic nitrogens is 1. The number of carbonyl (C=O) groups is 1. The summed E-state index contributed by atoms with van der Waals surface area (Å²) in [5.41, 5.74) is 0.697. The van der Waals surface area contributed by atoms with Crippen LogP contribution in [0, 0.1) is 0 Å². The van der Waals surface area contributed by atoms with Crippen molar-refractivity contribution in [1.82, 2.24) is 9.88 Å². The summed E-state index contributed by atoms with van der Waals surface area (Å²) in [7, 11) is 0. The summed E-state index contributed by atoms with van der Waals surface area (Å²) in [6, 6.07) is 11.2. The molecular weight excluding hydrogens is 362 g/mol. The van der Waals surface area contributed by atoms with Crippen LogP contribution in [0.15, 0.2) is 42.6 Å². The van der Waals surface area contributed by atoms with Crippen molar-refractivity contribution < 1.29 is 9.53 Å². The van der Waals surface area contributed by atoms with E-state index in [0.717, 1.165) is 50.5 Å². The topological polar surface area (TPSA) is 45.7 Å². The number of rotatable bonds is 4. The lowest BCUT2D eigenvalue weighted by Crippen LogP contribution is -2.37. The molecule has 5 nitrogen and oxygen atoms in total. The van der Waals surface area contributed by atoms with Gasteiger partial charge in [-0.05, 0) is 49.6 Å². The fourth-order valence-electron chi connectivity index (χ4n) is 3.83. The van der Waals surface area contributed by atoms with E-state index in [9.17, 15) is 4.79 Å². The first kappa shape index (κ1) is 18.1. The third kappa shape index (κ3) is 4.19. The van der Waals surface area contributed by atoms with Crippen LogP contribution in [0.5, 0.6) is 5.75 Å². The molecule has 4 rings (SSSR count). The highest BCUT2D eigenvalue weighted by molar-refractivity contribution is 6.30. The number of benzene rings is 1. The Kier molecular flexibility index (Phi) is 5.48. The molecule has 0 spiro atoms. The van der Waals surface area contributed by atoms with E-state index in [4.69, 9.17) is 16.3 Å². The highest BCUT2D eigenvalue weighted by atomic mass is 35.5. The largest absolute Gasteiger partial charge is 0.488 e. The van der Waals surface area contributed by atoms with Gasteiger partial charge in [0.1, 0.15) is 17.7 Å². The minimum atomic E-state index is 0.0587. The molecule has 27 heavy (non-hydrogen) atoms. The molecule has 142 valence electrons. The quantitative estimate of drug-likeness (QED) is 0.797. The van der Waals surface area contributed by atoms with Crippen LogP contribution < -0.4 is 9.64 Å². The summed E-state index contributed by atoms with van der Waals surface area (Å²) < 4.78 is 6.08. The molecule has 0 bridgehead atoms. The number of halogens is 1. The lowest BCUT2D eigenvalue weighted by atomic mass is 10.1. The molecule has 0 radical (unpaired) electrons. The van der Waals surface area contributed by atoms with Crippen LogP contribution in [-0.2, 0) is 0 Å². The Labute approximate surface area is 164 Å². The number of amides is 1. The van der Waals surface area contributed by atoms with E-state index in [0.29, 0.717) is 17.1 Å². The lowest BCUT2D eigenvalue weighted by Gasteiger charge is -2.28. The van der Waals surface area contributed by atoms with Crippen molar-refractivity contribution >= 4 is 23.3 Å². The van der Waals surface area contributed by atoms with Crippen molar-refractivity contribution in [2.75, 3.05) is 31.1 Å². The SMILES string of the molecule is O=C(c1cccnc1N1CCC(Oc2cccc(Cl)c2)C1)N1CCCCC1. The molecule has 1 amide bonds. The summed E-state index contributed by atoms with van der Waals surface area (Å²) in [6.07, 6.45) is 6.08. The van der Waals surface area contributed by atoms with Crippen molar-refractivity contribution in [3.63, 3.8) is 0 Å². The number of carbonyl (C=O) groups excluding carboxylic acids is 1. The minimum absolute atomic E-state index is 0.0587. The van der Waals surface area contributed by atoms with Gasteiger partial charge in [0.2, 0.25) is 0 Å². The Morgan fingerprint density at radius 3 is 2.78 bits per heavy atom. The second kappa shape index (κ2) is 8.17. The average molecular weight is 386 g/mol. The molecule has 2 aliphatic rings. The molecule has 1 aromatic carbocycles. The van der Waals surface area contributed by atoms with E-state index in [2.05, 4.69) is 9.88 Å². The third-order valence-electron chi connectivity index (χ3n) is 5.20. The van der Waals surface area contributed by atoms with Gasteiger partial charge in [-0.25, -0.2) is 4.98 Å². The maximum Gasteiger partial charge on any atom is 0.257 e. The molecule has 6 heteroatoms. The smallest absolute Gasteiger partial charge is 0.257 e. The average Bonchev–Trinajstić information content (AvgIpc) is 3.16. The van der Waals surface area contributed by atoms with Crippen molar-refractivity contribution in [2.45, 2.75) is 31.8 Å². The first-order valence-electron chi connectivity index (χ1n) is 9.62. The number of anilines is 1. The van der Waals surface area contributed by atoms with Gasteiger partial charge in [0.05, 0.1) is 12.1 Å². The highest BCUT2D eigenvalue weighted by Gasteiger charge is 2.29. The van der Waals surface area contributed by atoms with Gasteiger partial charge in [-0.1, -0.05) is 17.7 Å². The Bertz CT molecular complexity index is 808. The monoisotopic (exact) mass is 385 g/mol. The zero-order valence-electron chi connectivity index (χ0n) is 15.3. The predicted molar refractivity (Wildman–Crippen MR) is 107 cm³/mol. The van der Waals surface area contributed by atoms with Gasteiger partial charge in [-0.2, -0.15) is 0 Å². The van der Waals surface area contributed by atoms with E-state index in [1.165, 1.54) is 6.42 Å². The van der Waals surface area contributed by atoms with Crippen LogP contribution in [0.4, 0.5) is 5.82 Å². The molecular formula is C21H24ClN3O2. The maximum atomic E-state index is 13.0. The first-order valence-corrected chi connectivity index (χ1v) is 10.00. The maximum absolute atomic E-state index is 13.0. The number of hydrogen-bond acceptors (Lipinski definition) is 4. The Morgan fingerprint density at radius 2 is 1.96 bits per heavy atom. The lowest BCUT2D eigenvalue weighted by molar-refractivity contribution is 0.0724. The van der Waals surface area contributed by atoms with Gasteiger partial charge in [-0.15, -0.1) is 0 Å². The van der Waals surface area contributed by atoms with Crippen molar-refractivity contribution in [2.24, 2.45) is 0 Å². The van der Waals surface area contributed by atoms with Crippen molar-refractivity contribution in [3.05, 3.63) is 53.2 Å². The molecule has 1 unspecified atom stereocenters. The second-order valence-corrected chi connectivity index (χ2v) is 7.60. The van der Waals surface area contributed by atoms with E-state index in [1.54, 1.807) is 6.20 Å². The van der Waals surface area contributed by atoms with E-state index < -0.39 is 0 Å². The molecule has 0 saturated carbocycles. The normalized spacial score (nSPS) is 20.0. The molecule has 2 aliphatic heterocycles. The number of pyridine rings is 1. The van der Waals surface area contributed by atoms with E-state index >= 15 is 0 Å². The molecule has 0 aliphatic carbocycles.